The van der Waals surface area contributed by atoms with E-state index in [0.29, 0.717) is 12.0 Å². The summed E-state index contributed by atoms with van der Waals surface area (Å²) in [6.45, 7) is 13.5. The molecule has 0 amide bonds. The number of pyridine rings is 2. The fourth-order valence-corrected chi connectivity index (χ4v) is 5.49. The molecule has 0 N–H and O–H groups in total. The third kappa shape index (κ3) is 4.07. The lowest BCUT2D eigenvalue weighted by Crippen LogP contribution is -2.51. The molecule has 0 saturated carbocycles. The predicted octanol–water partition coefficient (Wildman–Crippen LogP) is 6.74. The molecule has 1 aromatic carbocycles. The second-order valence-electron chi connectivity index (χ2n) is 9.03. The first-order valence-corrected chi connectivity index (χ1v) is 12.0. The molecule has 3 aromatic rings. The minimum absolute atomic E-state index is 0.221. The number of allylic oxidation sites excluding steroid dienone is 3. The number of benzene rings is 1. The Morgan fingerprint density at radius 1 is 1.00 bits per heavy atom. The molecule has 3 heterocycles. The summed E-state index contributed by atoms with van der Waals surface area (Å²) in [5.41, 5.74) is 7.65. The summed E-state index contributed by atoms with van der Waals surface area (Å²) in [5.74, 6) is 0.839. The van der Waals surface area contributed by atoms with Crippen LogP contribution in [0.3, 0.4) is 0 Å². The summed E-state index contributed by atoms with van der Waals surface area (Å²) in [6, 6.07) is 22.3. The van der Waals surface area contributed by atoms with Crippen LogP contribution in [-0.2, 0) is 0 Å². The maximum absolute atomic E-state index is 4.71. The average Bonchev–Trinajstić information content (AvgIpc) is 2.81. The second-order valence-corrected chi connectivity index (χ2v) is 9.03. The normalized spacial score (nSPS) is 18.2. The van der Waals surface area contributed by atoms with E-state index in [1.165, 1.54) is 46.7 Å². The van der Waals surface area contributed by atoms with Crippen LogP contribution >= 0.6 is 0 Å². The molecule has 2 heteroatoms. The number of aromatic nitrogens is 2. The number of nitrogens with zero attached hydrogens (tertiary/aromatic N) is 2. The van der Waals surface area contributed by atoms with Gasteiger partial charge in [0.15, 0.2) is 29.3 Å². The Morgan fingerprint density at radius 2 is 1.72 bits per heavy atom. The molecule has 0 fully saturated rings. The largest absolute Gasteiger partial charge is 0.213 e. The molecular weight excluding hydrogens is 388 g/mol. The zero-order valence-corrected chi connectivity index (χ0v) is 20.0. The van der Waals surface area contributed by atoms with Crippen LogP contribution in [0.5, 0.6) is 0 Å². The van der Waals surface area contributed by atoms with Gasteiger partial charge in [-0.1, -0.05) is 37.3 Å². The molecule has 3 atom stereocenters. The lowest BCUT2D eigenvalue weighted by molar-refractivity contribution is -0.721. The summed E-state index contributed by atoms with van der Waals surface area (Å²) < 4.78 is 4.86. The van der Waals surface area contributed by atoms with Crippen LogP contribution in [0.1, 0.15) is 62.0 Å². The molecule has 32 heavy (non-hydrogen) atoms. The van der Waals surface area contributed by atoms with Gasteiger partial charge in [0.25, 0.3) is 0 Å². The minimum atomic E-state index is 0.221. The quantitative estimate of drug-likeness (QED) is 0.293. The van der Waals surface area contributed by atoms with Crippen molar-refractivity contribution in [2.24, 2.45) is 5.92 Å². The maximum Gasteiger partial charge on any atom is 0.213 e. The molecule has 0 spiro atoms. The average molecular weight is 425 g/mol. The lowest BCUT2D eigenvalue weighted by Gasteiger charge is -2.30. The van der Waals surface area contributed by atoms with E-state index >= 15 is 0 Å². The highest BCUT2D eigenvalue weighted by molar-refractivity contribution is 5.67. The smallest absolute Gasteiger partial charge is 0.194 e. The molecule has 0 bridgehead atoms. The second kappa shape index (κ2) is 9.65. The Hall–Kier alpha value is -3.00. The molecule has 1 aliphatic heterocycles. The Balaban J connectivity index is 1.85. The highest BCUT2D eigenvalue weighted by Gasteiger charge is 2.45. The summed E-state index contributed by atoms with van der Waals surface area (Å²) >= 11 is 0. The van der Waals surface area contributed by atoms with E-state index in [0.717, 1.165) is 6.42 Å². The number of hydrogen-bond acceptors (Lipinski definition) is 0. The predicted molar refractivity (Wildman–Crippen MR) is 133 cm³/mol. The summed E-state index contributed by atoms with van der Waals surface area (Å²) in [6.07, 6.45) is 10.3. The van der Waals surface area contributed by atoms with Gasteiger partial charge in [0, 0.05) is 44.5 Å². The minimum Gasteiger partial charge on any atom is -0.194 e. The monoisotopic (exact) mass is 424 g/mol. The molecule has 2 aromatic heterocycles. The highest BCUT2D eigenvalue weighted by atomic mass is 15.1. The first-order chi connectivity index (χ1) is 15.6. The third-order valence-corrected chi connectivity index (χ3v) is 7.05. The summed E-state index contributed by atoms with van der Waals surface area (Å²) in [4.78, 5) is 0. The van der Waals surface area contributed by atoms with Crippen LogP contribution in [0.4, 0.5) is 0 Å². The number of hydrogen-bond donors (Lipinski definition) is 0. The molecule has 3 unspecified atom stereocenters. The maximum atomic E-state index is 4.71. The van der Waals surface area contributed by atoms with Crippen LogP contribution in [0.25, 0.3) is 17.0 Å². The van der Waals surface area contributed by atoms with Gasteiger partial charge in [0.2, 0.25) is 5.69 Å². The molecule has 0 aliphatic carbocycles. The topological polar surface area (TPSA) is 7.76 Å². The third-order valence-electron chi connectivity index (χ3n) is 7.05. The van der Waals surface area contributed by atoms with Gasteiger partial charge in [0.1, 0.15) is 5.92 Å². The van der Waals surface area contributed by atoms with Crippen molar-refractivity contribution in [3.63, 3.8) is 0 Å². The van der Waals surface area contributed by atoms with E-state index in [1.807, 2.05) is 0 Å². The van der Waals surface area contributed by atoms with Crippen molar-refractivity contribution < 1.29 is 9.13 Å². The Kier molecular flexibility index (Phi) is 6.69. The summed E-state index contributed by atoms with van der Waals surface area (Å²) in [5, 5.41) is 0. The van der Waals surface area contributed by atoms with Crippen molar-refractivity contribution in [2.45, 2.75) is 58.9 Å². The number of rotatable bonds is 7. The van der Waals surface area contributed by atoms with Crippen molar-refractivity contribution >= 4 is 5.70 Å². The fourth-order valence-electron chi connectivity index (χ4n) is 5.49. The van der Waals surface area contributed by atoms with E-state index in [-0.39, 0.29) is 5.92 Å². The van der Waals surface area contributed by atoms with Crippen molar-refractivity contribution in [3.8, 4) is 11.3 Å². The molecule has 4 rings (SSSR count). The first-order valence-electron chi connectivity index (χ1n) is 12.0. The van der Waals surface area contributed by atoms with E-state index < -0.39 is 0 Å². The molecule has 1 aliphatic rings. The Morgan fingerprint density at radius 3 is 2.44 bits per heavy atom. The van der Waals surface area contributed by atoms with Gasteiger partial charge in [-0.05, 0) is 56.0 Å². The van der Waals surface area contributed by atoms with Crippen molar-refractivity contribution in [1.82, 2.24) is 0 Å². The van der Waals surface area contributed by atoms with Crippen LogP contribution in [0.2, 0.25) is 0 Å². The van der Waals surface area contributed by atoms with Gasteiger partial charge in [-0.25, -0.2) is 0 Å². The van der Waals surface area contributed by atoms with E-state index in [4.69, 9.17) is 6.58 Å². The number of fused-ring (bicyclic) bond motifs is 3. The van der Waals surface area contributed by atoms with E-state index in [2.05, 4.69) is 116 Å². The highest BCUT2D eigenvalue weighted by Crippen LogP contribution is 2.44. The molecular formula is C30H36N2+2. The van der Waals surface area contributed by atoms with Crippen molar-refractivity contribution in [2.75, 3.05) is 0 Å². The van der Waals surface area contributed by atoms with Crippen molar-refractivity contribution in [3.05, 3.63) is 103 Å². The standard InChI is InChI=1S/C30H36N2/c1-6-13-25(7-2)19-20-29-30(24(5)32-22(3)14-12-15-23(32)4)27-17-9-8-16-26(27)28-18-10-11-21-31(28)29/h6,8-18,21,25,29-30H,5,7,19-20H2,1-4H3/q+2/b13-6-. The first kappa shape index (κ1) is 22.2. The van der Waals surface area contributed by atoms with Gasteiger partial charge >= 0.3 is 0 Å². The van der Waals surface area contributed by atoms with Gasteiger partial charge in [-0.3, -0.25) is 0 Å². The molecule has 0 saturated heterocycles. The van der Waals surface area contributed by atoms with Gasteiger partial charge in [-0.2, -0.15) is 9.13 Å². The van der Waals surface area contributed by atoms with Gasteiger partial charge in [0.05, 0.1) is 5.56 Å². The molecule has 2 nitrogen and oxygen atoms in total. The molecule has 0 radical (unpaired) electrons. The van der Waals surface area contributed by atoms with Crippen LogP contribution < -0.4 is 9.13 Å². The zero-order chi connectivity index (χ0) is 22.7. The van der Waals surface area contributed by atoms with E-state index in [9.17, 15) is 0 Å². The SMILES string of the molecule is C=C(C1c2ccccc2-c2cccc[n+]2C1CCC(/C=C\C)CC)[n+]1c(C)cccc1C. The fraction of sp³-hybridized carbons (Fsp3) is 0.333. The van der Waals surface area contributed by atoms with Crippen LogP contribution in [0.15, 0.2) is 85.6 Å². The van der Waals surface area contributed by atoms with E-state index in [1.54, 1.807) is 0 Å². The zero-order valence-electron chi connectivity index (χ0n) is 20.0. The van der Waals surface area contributed by atoms with Crippen molar-refractivity contribution in [1.29, 1.82) is 0 Å². The molecule has 164 valence electrons. The van der Waals surface area contributed by atoms with Gasteiger partial charge in [-0.15, -0.1) is 0 Å². The van der Waals surface area contributed by atoms with Crippen LogP contribution in [0, 0.1) is 19.8 Å². The van der Waals surface area contributed by atoms with Gasteiger partial charge < -0.3 is 0 Å². The Bertz CT molecular complexity index is 1120. The van der Waals surface area contributed by atoms with Crippen LogP contribution in [-0.4, -0.2) is 0 Å². The lowest BCUT2D eigenvalue weighted by atomic mass is 9.78. The number of aryl methyl sites for hydroxylation is 2. The Labute approximate surface area is 193 Å². The summed E-state index contributed by atoms with van der Waals surface area (Å²) in [7, 11) is 0.